The molecule has 0 saturated heterocycles. The van der Waals surface area contributed by atoms with Gasteiger partial charge in [-0.15, -0.1) is 0 Å². The van der Waals surface area contributed by atoms with Crippen molar-refractivity contribution in [3.8, 4) is 6.07 Å². The van der Waals surface area contributed by atoms with Gasteiger partial charge in [-0.05, 0) is 48.7 Å². The Morgan fingerprint density at radius 1 is 1.26 bits per heavy atom. The van der Waals surface area contributed by atoms with Crippen LogP contribution in [0.2, 0.25) is 0 Å². The van der Waals surface area contributed by atoms with Gasteiger partial charge >= 0.3 is 0 Å². The molecule has 1 aliphatic carbocycles. The number of nitrogens with one attached hydrogen (secondary N) is 1. The zero-order valence-corrected chi connectivity index (χ0v) is 13.3. The average Bonchev–Trinajstić information content (AvgIpc) is 2.95. The van der Waals surface area contributed by atoms with Crippen LogP contribution in [0.3, 0.4) is 0 Å². The Kier molecular flexibility index (Phi) is 3.58. The van der Waals surface area contributed by atoms with Crippen LogP contribution in [0.4, 0.5) is 11.4 Å². The summed E-state index contributed by atoms with van der Waals surface area (Å²) < 4.78 is 27.7. The fourth-order valence-corrected chi connectivity index (χ4v) is 3.89. The molecule has 0 saturated carbocycles. The van der Waals surface area contributed by atoms with Crippen molar-refractivity contribution in [1.82, 2.24) is 0 Å². The predicted molar refractivity (Wildman–Crippen MR) is 90.1 cm³/mol. The minimum absolute atomic E-state index is 0.110. The van der Waals surface area contributed by atoms with E-state index in [4.69, 9.17) is 5.73 Å². The van der Waals surface area contributed by atoms with Crippen LogP contribution in [0, 0.1) is 18.3 Å². The number of benzene rings is 2. The maximum absolute atomic E-state index is 12.5. The van der Waals surface area contributed by atoms with Crippen LogP contribution in [0.1, 0.15) is 16.7 Å². The number of hydrogen-bond donors (Lipinski definition) is 2. The minimum atomic E-state index is -3.73. The van der Waals surface area contributed by atoms with Crippen molar-refractivity contribution in [2.24, 2.45) is 0 Å². The highest BCUT2D eigenvalue weighted by atomic mass is 32.2. The molecule has 0 spiro atoms. The highest BCUT2D eigenvalue weighted by Crippen LogP contribution is 2.35. The molecule has 3 rings (SSSR count). The quantitative estimate of drug-likeness (QED) is 0.848. The van der Waals surface area contributed by atoms with E-state index in [1.165, 1.54) is 12.1 Å². The van der Waals surface area contributed by atoms with E-state index in [1.807, 2.05) is 19.1 Å². The van der Waals surface area contributed by atoms with E-state index in [0.717, 1.165) is 16.7 Å². The van der Waals surface area contributed by atoms with Crippen LogP contribution in [0.15, 0.2) is 47.4 Å². The smallest absolute Gasteiger partial charge is 0.261 e. The molecule has 2 aromatic rings. The molecule has 0 amide bonds. The van der Waals surface area contributed by atoms with Crippen molar-refractivity contribution in [3.63, 3.8) is 0 Å². The molecule has 0 heterocycles. The van der Waals surface area contributed by atoms with Gasteiger partial charge in [0.2, 0.25) is 0 Å². The number of nitrogen functional groups attached to an aromatic ring is 1. The highest BCUT2D eigenvalue weighted by molar-refractivity contribution is 7.92. The van der Waals surface area contributed by atoms with Gasteiger partial charge < -0.3 is 5.73 Å². The summed E-state index contributed by atoms with van der Waals surface area (Å²) in [5.41, 5.74) is 9.73. The van der Waals surface area contributed by atoms with Crippen LogP contribution in [-0.4, -0.2) is 8.42 Å². The summed E-state index contributed by atoms with van der Waals surface area (Å²) in [7, 11) is -3.73. The molecule has 0 aromatic heterocycles. The molecule has 116 valence electrons. The molecule has 0 fully saturated rings. The van der Waals surface area contributed by atoms with Gasteiger partial charge in [0.1, 0.15) is 0 Å². The van der Waals surface area contributed by atoms with E-state index in [1.54, 1.807) is 18.2 Å². The number of rotatable bonds is 3. The molecule has 0 radical (unpaired) electrons. The Labute approximate surface area is 135 Å². The lowest BCUT2D eigenvalue weighted by Crippen LogP contribution is -2.14. The van der Waals surface area contributed by atoms with Crippen molar-refractivity contribution in [2.75, 3.05) is 10.5 Å². The fraction of sp³-hybridized carbons (Fsp3) is 0.118. The first kappa shape index (κ1) is 15.1. The van der Waals surface area contributed by atoms with E-state index in [2.05, 4.69) is 10.8 Å². The molecule has 5 nitrogen and oxygen atoms in total. The molecule has 3 N–H and O–H groups in total. The summed E-state index contributed by atoms with van der Waals surface area (Å²) in [5.74, 6) is 0. The number of nitriles is 1. The van der Waals surface area contributed by atoms with Crippen LogP contribution >= 0.6 is 0 Å². The molecular weight excluding hydrogens is 310 g/mol. The van der Waals surface area contributed by atoms with Crippen LogP contribution in [0.5, 0.6) is 0 Å². The van der Waals surface area contributed by atoms with Crippen molar-refractivity contribution in [2.45, 2.75) is 18.2 Å². The maximum Gasteiger partial charge on any atom is 0.261 e. The number of hydrogen-bond acceptors (Lipinski definition) is 4. The van der Waals surface area contributed by atoms with Crippen molar-refractivity contribution < 1.29 is 8.42 Å². The third-order valence-corrected chi connectivity index (χ3v) is 5.20. The normalized spacial score (nSPS) is 13.1. The molecule has 0 aliphatic heterocycles. The van der Waals surface area contributed by atoms with Crippen LogP contribution in [-0.2, 0) is 16.4 Å². The molecule has 2 aromatic carbocycles. The number of sulfonamides is 1. The van der Waals surface area contributed by atoms with E-state index in [9.17, 15) is 13.7 Å². The Bertz CT molecular complexity index is 970. The minimum Gasteiger partial charge on any atom is -0.399 e. The lowest BCUT2D eigenvalue weighted by Gasteiger charge is -2.14. The van der Waals surface area contributed by atoms with Crippen LogP contribution in [0.25, 0.3) is 5.57 Å². The largest absolute Gasteiger partial charge is 0.399 e. The number of nitrogens with two attached hydrogens (primary N) is 1. The number of anilines is 2. The Hall–Kier alpha value is -2.78. The number of fused-ring (bicyclic) bond motifs is 1. The Balaban J connectivity index is 2.03. The predicted octanol–water partition coefficient (Wildman–Crippen LogP) is 2.84. The highest BCUT2D eigenvalue weighted by Gasteiger charge is 2.22. The Morgan fingerprint density at radius 3 is 2.74 bits per heavy atom. The first-order valence-corrected chi connectivity index (χ1v) is 8.52. The summed E-state index contributed by atoms with van der Waals surface area (Å²) >= 11 is 0. The molecule has 0 bridgehead atoms. The van der Waals surface area contributed by atoms with Gasteiger partial charge in [-0.1, -0.05) is 18.2 Å². The fourth-order valence-electron chi connectivity index (χ4n) is 2.74. The second kappa shape index (κ2) is 5.45. The topological polar surface area (TPSA) is 96.0 Å². The van der Waals surface area contributed by atoms with E-state index >= 15 is 0 Å². The SMILES string of the molecule is Cc1ccc(NS(=O)(=O)c2cccc(N)c2)c2c1C(C#N)=CC2. The van der Waals surface area contributed by atoms with Gasteiger partial charge in [-0.3, -0.25) is 4.72 Å². The van der Waals surface area contributed by atoms with Gasteiger partial charge in [-0.25, -0.2) is 8.42 Å². The summed E-state index contributed by atoms with van der Waals surface area (Å²) in [5, 5.41) is 9.20. The van der Waals surface area contributed by atoms with Gasteiger partial charge in [0, 0.05) is 11.3 Å². The maximum atomic E-state index is 12.5. The molecule has 0 atom stereocenters. The molecule has 6 heteroatoms. The first-order chi connectivity index (χ1) is 10.9. The Morgan fingerprint density at radius 2 is 2.04 bits per heavy atom. The average molecular weight is 325 g/mol. The molecule has 1 aliphatic rings. The summed E-state index contributed by atoms with van der Waals surface area (Å²) in [6.07, 6.45) is 2.35. The summed E-state index contributed by atoms with van der Waals surface area (Å²) in [6, 6.07) is 11.8. The summed E-state index contributed by atoms with van der Waals surface area (Å²) in [6.45, 7) is 1.91. The monoisotopic (exact) mass is 325 g/mol. The second-order valence-corrected chi connectivity index (χ2v) is 7.08. The van der Waals surface area contributed by atoms with Gasteiger partial charge in [0.05, 0.1) is 22.2 Å². The van der Waals surface area contributed by atoms with E-state index in [0.29, 0.717) is 23.4 Å². The zero-order valence-electron chi connectivity index (χ0n) is 12.5. The van der Waals surface area contributed by atoms with Crippen molar-refractivity contribution in [3.05, 3.63) is 59.2 Å². The first-order valence-electron chi connectivity index (χ1n) is 7.04. The van der Waals surface area contributed by atoms with Gasteiger partial charge in [0.25, 0.3) is 10.0 Å². The second-order valence-electron chi connectivity index (χ2n) is 5.40. The summed E-state index contributed by atoms with van der Waals surface area (Å²) in [4.78, 5) is 0.110. The number of nitrogens with zero attached hydrogens (tertiary/aromatic N) is 1. The van der Waals surface area contributed by atoms with Gasteiger partial charge in [-0.2, -0.15) is 5.26 Å². The standard InChI is InChI=1S/C17H15N3O2S/c1-11-5-8-16(15-7-6-12(10-18)17(11)15)20-23(21,22)14-4-2-3-13(19)9-14/h2-6,8-9,20H,7,19H2,1H3. The third kappa shape index (κ3) is 2.67. The lowest BCUT2D eigenvalue weighted by atomic mass is 9.99. The zero-order chi connectivity index (χ0) is 16.6. The number of allylic oxidation sites excluding steroid dienone is 2. The molecular formula is C17H15N3O2S. The van der Waals surface area contributed by atoms with Gasteiger partial charge in [0.15, 0.2) is 0 Å². The molecule has 23 heavy (non-hydrogen) atoms. The van der Waals surface area contributed by atoms with Crippen molar-refractivity contribution >= 4 is 27.0 Å². The number of aryl methyl sites for hydroxylation is 1. The lowest BCUT2D eigenvalue weighted by molar-refractivity contribution is 0.601. The third-order valence-electron chi connectivity index (χ3n) is 3.83. The van der Waals surface area contributed by atoms with Crippen molar-refractivity contribution in [1.29, 1.82) is 5.26 Å². The molecule has 0 unspecified atom stereocenters. The van der Waals surface area contributed by atoms with E-state index < -0.39 is 10.0 Å². The van der Waals surface area contributed by atoms with Crippen LogP contribution < -0.4 is 10.5 Å². The van der Waals surface area contributed by atoms with E-state index in [-0.39, 0.29) is 4.90 Å².